The van der Waals surface area contributed by atoms with Gasteiger partial charge in [-0.3, -0.25) is 4.79 Å². The number of rotatable bonds is 7. The Balaban J connectivity index is 2.00. The molecule has 12 heteroatoms. The number of halogens is 4. The maximum absolute atomic E-state index is 15.0. The molecule has 1 heterocycles. The number of amides is 1. The van der Waals surface area contributed by atoms with Crippen LogP contribution < -0.4 is 14.8 Å². The molecular formula is C20H14Cl2F2N4O4. The highest BCUT2D eigenvalue weighted by Crippen LogP contribution is 2.36. The van der Waals surface area contributed by atoms with Gasteiger partial charge in [-0.05, 0) is 24.3 Å². The third-order valence-corrected chi connectivity index (χ3v) is 4.68. The monoisotopic (exact) mass is 482 g/mol. The number of ether oxygens (including phenoxy) is 2. The Labute approximate surface area is 190 Å². The zero-order valence-corrected chi connectivity index (χ0v) is 18.0. The van der Waals surface area contributed by atoms with Crippen LogP contribution in [0, 0.1) is 11.6 Å². The molecule has 1 amide bonds. The third kappa shape index (κ3) is 5.04. The van der Waals surface area contributed by atoms with Gasteiger partial charge in [-0.15, -0.1) is 0 Å². The Morgan fingerprint density at radius 1 is 1.06 bits per heavy atom. The Morgan fingerprint density at radius 3 is 2.41 bits per heavy atom. The molecule has 0 saturated carbocycles. The molecule has 3 rings (SSSR count). The summed E-state index contributed by atoms with van der Waals surface area (Å²) in [6.45, 7) is 0. The summed E-state index contributed by atoms with van der Waals surface area (Å²) in [6.07, 6.45) is 0.966. The molecule has 1 N–H and O–H groups in total. The average Bonchev–Trinajstić information content (AvgIpc) is 2.78. The fraction of sp³-hybridized carbons (Fsp3) is 0.100. The number of nitrogens with zero attached hydrogens (tertiary/aromatic N) is 3. The largest absolute Gasteiger partial charge is 0.435 e. The molecule has 0 aliphatic rings. The first-order valence-corrected chi connectivity index (χ1v) is 9.54. The number of benzene rings is 2. The number of nitrogens with one attached hydrogen (secondary N) is 1. The van der Waals surface area contributed by atoms with Gasteiger partial charge in [0.05, 0.1) is 10.6 Å². The van der Waals surface area contributed by atoms with Crippen molar-refractivity contribution in [3.05, 3.63) is 70.0 Å². The molecule has 0 fully saturated rings. The Kier molecular flexibility index (Phi) is 7.39. The lowest BCUT2D eigenvalue weighted by atomic mass is 10.1. The summed E-state index contributed by atoms with van der Waals surface area (Å²) in [4.78, 5) is 24.3. The zero-order chi connectivity index (χ0) is 23.3. The van der Waals surface area contributed by atoms with Gasteiger partial charge in [0.15, 0.2) is 5.71 Å². The molecule has 1 aromatic heterocycles. The highest BCUT2D eigenvalue weighted by Gasteiger charge is 2.23. The Morgan fingerprint density at radius 2 is 1.75 bits per heavy atom. The summed E-state index contributed by atoms with van der Waals surface area (Å²) >= 11 is 12.0. The van der Waals surface area contributed by atoms with Gasteiger partial charge in [0.25, 0.3) is 17.7 Å². The Hall–Kier alpha value is -3.50. The smallest absolute Gasteiger partial charge is 0.273 e. The van der Waals surface area contributed by atoms with Crippen molar-refractivity contribution in [2.75, 3.05) is 14.2 Å². The van der Waals surface area contributed by atoms with Gasteiger partial charge in [-0.1, -0.05) is 34.4 Å². The normalized spacial score (nSPS) is 11.1. The number of carbonyl (C=O) groups excluding carboxylic acids is 1. The predicted molar refractivity (Wildman–Crippen MR) is 113 cm³/mol. The van der Waals surface area contributed by atoms with E-state index in [4.69, 9.17) is 32.7 Å². The first kappa shape index (κ1) is 23.2. The SMILES string of the molecule is CNC(=O)/C(=N/OC)c1ccc(F)cc1Oc1ncnc(Oc2cccc(Cl)c2Cl)c1F. The lowest BCUT2D eigenvalue weighted by Gasteiger charge is -2.13. The molecule has 0 spiro atoms. The van der Waals surface area contributed by atoms with E-state index in [0.717, 1.165) is 18.5 Å². The van der Waals surface area contributed by atoms with Gasteiger partial charge in [0.2, 0.25) is 5.82 Å². The van der Waals surface area contributed by atoms with E-state index in [2.05, 4.69) is 25.3 Å². The van der Waals surface area contributed by atoms with E-state index in [9.17, 15) is 9.18 Å². The lowest BCUT2D eigenvalue weighted by molar-refractivity contribution is -0.114. The van der Waals surface area contributed by atoms with Crippen molar-refractivity contribution >= 4 is 34.8 Å². The van der Waals surface area contributed by atoms with E-state index >= 15 is 4.39 Å². The molecular weight excluding hydrogens is 469 g/mol. The Bertz CT molecular complexity index is 1190. The van der Waals surface area contributed by atoms with E-state index in [1.54, 1.807) is 6.07 Å². The van der Waals surface area contributed by atoms with Crippen LogP contribution in [-0.2, 0) is 9.63 Å². The molecule has 0 aliphatic carbocycles. The molecule has 32 heavy (non-hydrogen) atoms. The minimum Gasteiger partial charge on any atom is -0.435 e. The highest BCUT2D eigenvalue weighted by molar-refractivity contribution is 6.45. The van der Waals surface area contributed by atoms with E-state index in [1.807, 2.05) is 0 Å². The molecule has 0 saturated heterocycles. The summed E-state index contributed by atoms with van der Waals surface area (Å²) in [5.74, 6) is -3.80. The molecule has 0 bridgehead atoms. The first-order chi connectivity index (χ1) is 15.3. The fourth-order valence-electron chi connectivity index (χ4n) is 2.45. The third-order valence-electron chi connectivity index (χ3n) is 3.88. The van der Waals surface area contributed by atoms with E-state index in [1.165, 1.54) is 32.4 Å². The van der Waals surface area contributed by atoms with Crippen LogP contribution in [0.2, 0.25) is 10.0 Å². The van der Waals surface area contributed by atoms with Crippen LogP contribution in [0.5, 0.6) is 23.3 Å². The second kappa shape index (κ2) is 10.2. The number of oxime groups is 1. The highest BCUT2D eigenvalue weighted by atomic mass is 35.5. The van der Waals surface area contributed by atoms with Gasteiger partial charge in [-0.2, -0.15) is 14.4 Å². The first-order valence-electron chi connectivity index (χ1n) is 8.79. The molecule has 0 radical (unpaired) electrons. The van der Waals surface area contributed by atoms with Crippen LogP contribution in [0.4, 0.5) is 8.78 Å². The number of hydrogen-bond acceptors (Lipinski definition) is 7. The molecule has 2 aromatic carbocycles. The molecule has 3 aromatic rings. The second-order valence-electron chi connectivity index (χ2n) is 5.90. The number of carbonyl (C=O) groups is 1. The van der Waals surface area contributed by atoms with Crippen LogP contribution in [0.25, 0.3) is 0 Å². The summed E-state index contributed by atoms with van der Waals surface area (Å²) in [6, 6.07) is 7.76. The van der Waals surface area contributed by atoms with Crippen LogP contribution in [-0.4, -0.2) is 35.7 Å². The van der Waals surface area contributed by atoms with Crippen molar-refractivity contribution in [3.63, 3.8) is 0 Å². The van der Waals surface area contributed by atoms with Gasteiger partial charge in [0, 0.05) is 13.1 Å². The second-order valence-corrected chi connectivity index (χ2v) is 6.68. The maximum atomic E-state index is 15.0. The van der Waals surface area contributed by atoms with Crippen molar-refractivity contribution in [3.8, 4) is 23.3 Å². The van der Waals surface area contributed by atoms with Gasteiger partial charge in [0.1, 0.15) is 35.8 Å². The van der Waals surface area contributed by atoms with E-state index in [-0.39, 0.29) is 32.8 Å². The topological polar surface area (TPSA) is 94.9 Å². The van der Waals surface area contributed by atoms with Crippen molar-refractivity contribution in [2.24, 2.45) is 5.16 Å². The molecule has 0 aliphatic heterocycles. The van der Waals surface area contributed by atoms with Gasteiger partial charge in [-0.25, -0.2) is 4.39 Å². The number of aromatic nitrogens is 2. The molecule has 0 atom stereocenters. The molecule has 8 nitrogen and oxygen atoms in total. The summed E-state index contributed by atoms with van der Waals surface area (Å²) in [7, 11) is 2.59. The predicted octanol–water partition coefficient (Wildman–Crippen LogP) is 4.74. The van der Waals surface area contributed by atoms with Crippen molar-refractivity contribution in [2.45, 2.75) is 0 Å². The zero-order valence-electron chi connectivity index (χ0n) is 16.5. The van der Waals surface area contributed by atoms with Crippen LogP contribution in [0.1, 0.15) is 5.56 Å². The number of likely N-dealkylation sites (N-methyl/N-ethyl adjacent to an activating group) is 1. The average molecular weight is 483 g/mol. The van der Waals surface area contributed by atoms with E-state index in [0.29, 0.717) is 0 Å². The van der Waals surface area contributed by atoms with Crippen LogP contribution in [0.15, 0.2) is 47.9 Å². The van der Waals surface area contributed by atoms with Crippen molar-refractivity contribution < 1.29 is 27.9 Å². The van der Waals surface area contributed by atoms with Gasteiger partial charge < -0.3 is 19.6 Å². The summed E-state index contributed by atoms with van der Waals surface area (Å²) in [5.41, 5.74) is -0.215. The fourth-order valence-corrected chi connectivity index (χ4v) is 2.78. The summed E-state index contributed by atoms with van der Waals surface area (Å²) in [5, 5.41) is 6.25. The van der Waals surface area contributed by atoms with Crippen LogP contribution in [0.3, 0.4) is 0 Å². The summed E-state index contributed by atoms with van der Waals surface area (Å²) < 4.78 is 39.7. The molecule has 166 valence electrons. The minimum atomic E-state index is -1.11. The number of hydrogen-bond donors (Lipinski definition) is 1. The van der Waals surface area contributed by atoms with E-state index < -0.39 is 29.3 Å². The standard InChI is InChI=1S/C20H14Cl2F2N4O4/c1-25-18(29)17(28-30-2)11-7-6-10(23)8-14(11)32-20-16(24)19(26-9-27-20)31-13-5-3-4-12(21)15(13)22/h3-9H,1-2H3,(H,25,29)/b28-17+. The van der Waals surface area contributed by atoms with Crippen LogP contribution >= 0.6 is 23.2 Å². The van der Waals surface area contributed by atoms with Gasteiger partial charge >= 0.3 is 0 Å². The van der Waals surface area contributed by atoms with Crippen molar-refractivity contribution in [1.29, 1.82) is 0 Å². The molecule has 0 unspecified atom stereocenters. The lowest BCUT2D eigenvalue weighted by Crippen LogP contribution is -2.29. The maximum Gasteiger partial charge on any atom is 0.273 e. The quantitative estimate of drug-likeness (QED) is 0.385. The van der Waals surface area contributed by atoms with Crippen molar-refractivity contribution in [1.82, 2.24) is 15.3 Å². The minimum absolute atomic E-state index is 0.0194.